The van der Waals surface area contributed by atoms with E-state index in [9.17, 15) is 17.2 Å². The summed E-state index contributed by atoms with van der Waals surface area (Å²) >= 11 is 0. The molecule has 4 rings (SSSR count). The van der Waals surface area contributed by atoms with E-state index in [0.717, 1.165) is 48.4 Å². The first-order valence-electron chi connectivity index (χ1n) is 10.3. The van der Waals surface area contributed by atoms with Gasteiger partial charge in [0.05, 0.1) is 11.5 Å². The van der Waals surface area contributed by atoms with Gasteiger partial charge in [-0.2, -0.15) is 0 Å². The SMILES string of the molecule is Cl.NC1CCc2ccc(CCS(=O)(=O)CC3CC3)cc2C1Cc1ccc(F)c(F)c1. The molecule has 0 saturated heterocycles. The highest BCUT2D eigenvalue weighted by Gasteiger charge is 2.29. The minimum absolute atomic E-state index is 0. The molecular formula is C23H28ClF2NO2S. The van der Waals surface area contributed by atoms with E-state index in [1.165, 1.54) is 11.6 Å². The molecule has 2 atom stereocenters. The van der Waals surface area contributed by atoms with Gasteiger partial charge in [0.2, 0.25) is 0 Å². The molecule has 2 aliphatic carbocycles. The fourth-order valence-electron chi connectivity index (χ4n) is 4.31. The van der Waals surface area contributed by atoms with Gasteiger partial charge in [-0.25, -0.2) is 17.2 Å². The van der Waals surface area contributed by atoms with Crippen molar-refractivity contribution in [2.24, 2.45) is 11.7 Å². The molecule has 0 bridgehead atoms. The molecule has 2 unspecified atom stereocenters. The second-order valence-corrected chi connectivity index (χ2v) is 10.8. The van der Waals surface area contributed by atoms with E-state index >= 15 is 0 Å². The summed E-state index contributed by atoms with van der Waals surface area (Å²) in [7, 11) is -3.02. The molecule has 1 fully saturated rings. The maximum absolute atomic E-state index is 13.6. The zero-order chi connectivity index (χ0) is 20.6. The minimum atomic E-state index is -3.02. The highest BCUT2D eigenvalue weighted by molar-refractivity contribution is 7.91. The van der Waals surface area contributed by atoms with Crippen LogP contribution in [-0.4, -0.2) is 26.0 Å². The van der Waals surface area contributed by atoms with Crippen molar-refractivity contribution in [1.82, 2.24) is 0 Å². The molecule has 0 aliphatic heterocycles. The van der Waals surface area contributed by atoms with Crippen molar-refractivity contribution in [3.05, 3.63) is 70.3 Å². The first-order valence-corrected chi connectivity index (χ1v) is 12.1. The van der Waals surface area contributed by atoms with Crippen molar-refractivity contribution in [2.75, 3.05) is 11.5 Å². The monoisotopic (exact) mass is 455 g/mol. The summed E-state index contributed by atoms with van der Waals surface area (Å²) in [6.07, 6.45) is 4.81. The fraction of sp³-hybridized carbons (Fsp3) is 0.478. The van der Waals surface area contributed by atoms with Crippen LogP contribution in [0, 0.1) is 17.6 Å². The van der Waals surface area contributed by atoms with E-state index in [0.29, 0.717) is 24.5 Å². The lowest BCUT2D eigenvalue weighted by Crippen LogP contribution is -2.34. The average molecular weight is 456 g/mol. The third kappa shape index (κ3) is 5.59. The molecule has 2 aromatic rings. The van der Waals surface area contributed by atoms with Gasteiger partial charge in [-0.15, -0.1) is 12.4 Å². The van der Waals surface area contributed by atoms with Gasteiger partial charge in [0.25, 0.3) is 0 Å². The number of hydrogen-bond acceptors (Lipinski definition) is 3. The zero-order valence-corrected chi connectivity index (χ0v) is 18.5. The van der Waals surface area contributed by atoms with Crippen LogP contribution in [0.4, 0.5) is 8.78 Å². The van der Waals surface area contributed by atoms with Gasteiger partial charge in [0.1, 0.15) is 0 Å². The second kappa shape index (κ2) is 9.33. The van der Waals surface area contributed by atoms with Crippen molar-refractivity contribution in [3.63, 3.8) is 0 Å². The molecule has 0 aromatic heterocycles. The maximum Gasteiger partial charge on any atom is 0.159 e. The zero-order valence-electron chi connectivity index (χ0n) is 16.8. The van der Waals surface area contributed by atoms with Gasteiger partial charge in [-0.05, 0) is 78.8 Å². The molecule has 0 heterocycles. The van der Waals surface area contributed by atoms with Crippen molar-refractivity contribution >= 4 is 22.2 Å². The van der Waals surface area contributed by atoms with Gasteiger partial charge in [0.15, 0.2) is 21.5 Å². The number of fused-ring (bicyclic) bond motifs is 1. The topological polar surface area (TPSA) is 60.2 Å². The molecule has 3 nitrogen and oxygen atoms in total. The maximum atomic E-state index is 13.6. The number of rotatable bonds is 7. The molecule has 2 N–H and O–H groups in total. The third-order valence-corrected chi connectivity index (χ3v) is 8.01. The van der Waals surface area contributed by atoms with Gasteiger partial charge in [-0.3, -0.25) is 0 Å². The van der Waals surface area contributed by atoms with E-state index in [2.05, 4.69) is 12.1 Å². The normalized spacial score (nSPS) is 21.0. The highest BCUT2D eigenvalue weighted by atomic mass is 35.5. The van der Waals surface area contributed by atoms with E-state index in [1.807, 2.05) is 6.07 Å². The highest BCUT2D eigenvalue weighted by Crippen LogP contribution is 2.35. The van der Waals surface area contributed by atoms with Crippen LogP contribution in [0.1, 0.15) is 47.4 Å². The van der Waals surface area contributed by atoms with Crippen LogP contribution in [0.15, 0.2) is 36.4 Å². The molecular weight excluding hydrogens is 428 g/mol. The molecule has 0 spiro atoms. The molecule has 2 aliphatic rings. The summed E-state index contributed by atoms with van der Waals surface area (Å²) in [5, 5.41) is 0. The Bertz CT molecular complexity index is 1010. The van der Waals surface area contributed by atoms with Crippen molar-refractivity contribution in [2.45, 2.75) is 50.5 Å². The molecule has 164 valence electrons. The second-order valence-electron chi connectivity index (χ2n) is 8.60. The Morgan fingerprint density at radius 1 is 0.967 bits per heavy atom. The van der Waals surface area contributed by atoms with Crippen LogP contribution in [0.2, 0.25) is 0 Å². The Hall–Kier alpha value is -1.50. The van der Waals surface area contributed by atoms with Gasteiger partial charge < -0.3 is 5.73 Å². The Labute approximate surface area is 183 Å². The van der Waals surface area contributed by atoms with Crippen molar-refractivity contribution in [1.29, 1.82) is 0 Å². The summed E-state index contributed by atoms with van der Waals surface area (Å²) in [5.41, 5.74) is 10.4. The summed E-state index contributed by atoms with van der Waals surface area (Å²) in [5.74, 6) is -0.851. The minimum Gasteiger partial charge on any atom is -0.327 e. The molecule has 7 heteroatoms. The molecule has 1 saturated carbocycles. The first kappa shape index (κ1) is 23.2. The lowest BCUT2D eigenvalue weighted by molar-refractivity contribution is 0.463. The Morgan fingerprint density at radius 2 is 1.70 bits per heavy atom. The van der Waals surface area contributed by atoms with Gasteiger partial charge in [-0.1, -0.05) is 24.3 Å². The van der Waals surface area contributed by atoms with E-state index in [1.54, 1.807) is 6.07 Å². The van der Waals surface area contributed by atoms with E-state index in [-0.39, 0.29) is 30.1 Å². The summed E-state index contributed by atoms with van der Waals surface area (Å²) < 4.78 is 51.4. The molecule has 2 aromatic carbocycles. The van der Waals surface area contributed by atoms with Crippen LogP contribution in [0.5, 0.6) is 0 Å². The Balaban J connectivity index is 0.00000256. The third-order valence-electron chi connectivity index (χ3n) is 6.20. The lowest BCUT2D eigenvalue weighted by atomic mass is 9.76. The van der Waals surface area contributed by atoms with Crippen molar-refractivity contribution < 1.29 is 17.2 Å². The molecule has 30 heavy (non-hydrogen) atoms. The van der Waals surface area contributed by atoms with Gasteiger partial charge >= 0.3 is 0 Å². The summed E-state index contributed by atoms with van der Waals surface area (Å²) in [6.45, 7) is 0. The van der Waals surface area contributed by atoms with E-state index < -0.39 is 21.5 Å². The number of benzene rings is 2. The standard InChI is InChI=1S/C23H27F2NO2S.ClH/c24-21-7-4-17(13-22(21)25)12-20-19-11-15(3-5-18(19)6-8-23(20)26)9-10-29(27,28)14-16-1-2-16;/h3-5,7,11,13,16,20,23H,1-2,6,8-10,12,14,26H2;1H. The molecule has 0 amide bonds. The number of hydrogen-bond donors (Lipinski definition) is 1. The van der Waals surface area contributed by atoms with Crippen molar-refractivity contribution in [3.8, 4) is 0 Å². The van der Waals surface area contributed by atoms with Crippen LogP contribution in [0.25, 0.3) is 0 Å². The number of aryl methyl sites for hydroxylation is 2. The van der Waals surface area contributed by atoms with Gasteiger partial charge in [0, 0.05) is 12.0 Å². The van der Waals surface area contributed by atoms with E-state index in [4.69, 9.17) is 5.73 Å². The Kier molecular flexibility index (Phi) is 7.20. The Morgan fingerprint density at radius 3 is 2.40 bits per heavy atom. The predicted octanol–water partition coefficient (Wildman–Crippen LogP) is 4.35. The predicted molar refractivity (Wildman–Crippen MR) is 118 cm³/mol. The largest absolute Gasteiger partial charge is 0.327 e. The first-order chi connectivity index (χ1) is 13.8. The van der Waals surface area contributed by atoms with Crippen LogP contribution in [0.3, 0.4) is 0 Å². The number of nitrogens with two attached hydrogens (primary N) is 1. The van der Waals surface area contributed by atoms with Crippen LogP contribution >= 0.6 is 12.4 Å². The average Bonchev–Trinajstić information content (AvgIpc) is 3.48. The molecule has 0 radical (unpaired) electrons. The summed E-state index contributed by atoms with van der Waals surface area (Å²) in [4.78, 5) is 0. The summed E-state index contributed by atoms with van der Waals surface area (Å²) in [6, 6.07) is 10.1. The smallest absolute Gasteiger partial charge is 0.159 e. The number of halogens is 3. The van der Waals surface area contributed by atoms with Crippen LogP contribution < -0.4 is 5.73 Å². The fourth-order valence-corrected chi connectivity index (χ4v) is 6.07. The lowest BCUT2D eigenvalue weighted by Gasteiger charge is -2.32. The quantitative estimate of drug-likeness (QED) is 0.675. The number of sulfone groups is 1. The van der Waals surface area contributed by atoms with Crippen LogP contribution in [-0.2, 0) is 29.1 Å².